The van der Waals surface area contributed by atoms with E-state index in [0.29, 0.717) is 30.6 Å². The maximum Gasteiger partial charge on any atom is 0.254 e. The first-order valence-electron chi connectivity index (χ1n) is 8.67. The van der Waals surface area contributed by atoms with Crippen LogP contribution in [0.3, 0.4) is 0 Å². The zero-order valence-electron chi connectivity index (χ0n) is 14.6. The number of nitrogens with zero attached hydrogens (tertiary/aromatic N) is 2. The number of amides is 1. The highest BCUT2D eigenvalue weighted by molar-refractivity contribution is 5.94. The lowest BCUT2D eigenvalue weighted by Gasteiger charge is -2.17. The Hall–Kier alpha value is -2.40. The summed E-state index contributed by atoms with van der Waals surface area (Å²) in [6.07, 6.45) is 3.68. The number of carbonyl (C=O) groups is 1. The Morgan fingerprint density at radius 1 is 1.24 bits per heavy atom. The summed E-state index contributed by atoms with van der Waals surface area (Å²) in [6.45, 7) is 2.52. The quantitative estimate of drug-likeness (QED) is 0.727. The van der Waals surface area contributed by atoms with E-state index < -0.39 is 0 Å². The lowest BCUT2D eigenvalue weighted by molar-refractivity contribution is 0.0786. The molecule has 0 unspecified atom stereocenters. The van der Waals surface area contributed by atoms with Gasteiger partial charge in [0, 0.05) is 38.0 Å². The molecule has 1 atom stereocenters. The third-order valence-electron chi connectivity index (χ3n) is 4.46. The minimum absolute atomic E-state index is 0.0505. The second-order valence-corrected chi connectivity index (χ2v) is 6.32. The third-order valence-corrected chi connectivity index (χ3v) is 4.46. The van der Waals surface area contributed by atoms with Crippen molar-refractivity contribution in [1.29, 1.82) is 0 Å². The fourth-order valence-corrected chi connectivity index (χ4v) is 3.16. The van der Waals surface area contributed by atoms with E-state index in [0.717, 1.165) is 25.9 Å². The van der Waals surface area contributed by atoms with E-state index in [1.165, 1.54) is 5.56 Å². The first-order chi connectivity index (χ1) is 12.3. The summed E-state index contributed by atoms with van der Waals surface area (Å²) in [7, 11) is 1.62. The van der Waals surface area contributed by atoms with Crippen LogP contribution in [-0.4, -0.2) is 49.2 Å². The van der Waals surface area contributed by atoms with Crippen LogP contribution in [0.15, 0.2) is 48.7 Å². The first kappa shape index (κ1) is 17.4. The number of ether oxygens (including phenoxy) is 2. The fraction of sp³-hybridized carbons (Fsp3) is 0.400. The van der Waals surface area contributed by atoms with Crippen molar-refractivity contribution in [1.82, 2.24) is 9.88 Å². The maximum absolute atomic E-state index is 12.7. The molecule has 1 fully saturated rings. The predicted octanol–water partition coefficient (Wildman–Crippen LogP) is 2.81. The summed E-state index contributed by atoms with van der Waals surface area (Å²) in [5.41, 5.74) is 1.96. The summed E-state index contributed by atoms with van der Waals surface area (Å²) >= 11 is 0. The molecule has 25 heavy (non-hydrogen) atoms. The van der Waals surface area contributed by atoms with Gasteiger partial charge in [0.05, 0.1) is 6.61 Å². The second kappa shape index (κ2) is 8.62. The van der Waals surface area contributed by atoms with Gasteiger partial charge in [-0.05, 0) is 30.4 Å². The van der Waals surface area contributed by atoms with Crippen molar-refractivity contribution < 1.29 is 14.3 Å². The average Bonchev–Trinajstić information content (AvgIpc) is 3.11. The topological polar surface area (TPSA) is 51.7 Å². The minimum Gasteiger partial charge on any atom is -0.475 e. The number of benzene rings is 1. The molecule has 0 saturated carbocycles. The molecular formula is C20H24N2O3. The number of hydrogen-bond donors (Lipinski definition) is 0. The van der Waals surface area contributed by atoms with Gasteiger partial charge in [0.25, 0.3) is 5.91 Å². The highest BCUT2D eigenvalue weighted by atomic mass is 16.5. The van der Waals surface area contributed by atoms with Crippen LogP contribution in [0.2, 0.25) is 0 Å². The summed E-state index contributed by atoms with van der Waals surface area (Å²) in [5, 5.41) is 0. The van der Waals surface area contributed by atoms with Gasteiger partial charge in [0.15, 0.2) is 0 Å². The van der Waals surface area contributed by atoms with Gasteiger partial charge < -0.3 is 14.4 Å². The van der Waals surface area contributed by atoms with Crippen LogP contribution in [-0.2, 0) is 11.2 Å². The van der Waals surface area contributed by atoms with Crippen molar-refractivity contribution in [2.24, 2.45) is 5.92 Å². The van der Waals surface area contributed by atoms with Crippen LogP contribution in [0, 0.1) is 5.92 Å². The molecule has 0 spiro atoms. The molecule has 1 saturated heterocycles. The summed E-state index contributed by atoms with van der Waals surface area (Å²) in [5.74, 6) is 1.03. The maximum atomic E-state index is 12.7. The van der Waals surface area contributed by atoms with Crippen molar-refractivity contribution in [2.45, 2.75) is 12.8 Å². The Morgan fingerprint density at radius 3 is 2.88 bits per heavy atom. The molecule has 0 aliphatic carbocycles. The Bertz CT molecular complexity index is 690. The zero-order valence-corrected chi connectivity index (χ0v) is 14.6. The van der Waals surface area contributed by atoms with E-state index in [1.807, 2.05) is 11.0 Å². The highest BCUT2D eigenvalue weighted by Crippen LogP contribution is 2.23. The van der Waals surface area contributed by atoms with E-state index in [-0.39, 0.29) is 5.91 Å². The summed E-state index contributed by atoms with van der Waals surface area (Å²) in [4.78, 5) is 18.8. The summed E-state index contributed by atoms with van der Waals surface area (Å²) in [6, 6.07) is 13.9. The number of methoxy groups -OCH3 is 1. The highest BCUT2D eigenvalue weighted by Gasteiger charge is 2.27. The molecule has 2 aromatic rings. The van der Waals surface area contributed by atoms with Crippen LogP contribution in [0.1, 0.15) is 22.3 Å². The Kier molecular flexibility index (Phi) is 6.01. The molecule has 1 amide bonds. The monoisotopic (exact) mass is 340 g/mol. The van der Waals surface area contributed by atoms with Gasteiger partial charge in [0.2, 0.25) is 5.88 Å². The van der Waals surface area contributed by atoms with Crippen molar-refractivity contribution in [3.63, 3.8) is 0 Å². The standard InChI is InChI=1S/C20H24N2O3/c1-24-11-12-25-19-14-18(7-9-21-19)20(23)22-10-8-17(15-22)13-16-5-3-2-4-6-16/h2-7,9,14,17H,8,10-13,15H2,1H3/t17-/m1/s1. The van der Waals surface area contributed by atoms with Crippen LogP contribution < -0.4 is 4.74 Å². The number of rotatable bonds is 7. The molecule has 3 rings (SSSR count). The van der Waals surface area contributed by atoms with Crippen LogP contribution in [0.4, 0.5) is 0 Å². The van der Waals surface area contributed by atoms with E-state index in [9.17, 15) is 4.79 Å². The van der Waals surface area contributed by atoms with Crippen LogP contribution in [0.5, 0.6) is 5.88 Å². The Labute approximate surface area is 148 Å². The molecule has 1 aliphatic heterocycles. The molecule has 5 heteroatoms. The molecule has 2 heterocycles. The molecule has 1 aromatic heterocycles. The second-order valence-electron chi connectivity index (χ2n) is 6.32. The van der Waals surface area contributed by atoms with Gasteiger partial charge in [-0.1, -0.05) is 30.3 Å². The lowest BCUT2D eigenvalue weighted by Crippen LogP contribution is -2.29. The normalized spacial score (nSPS) is 16.8. The largest absolute Gasteiger partial charge is 0.475 e. The van der Waals surface area contributed by atoms with Gasteiger partial charge in [-0.25, -0.2) is 4.98 Å². The minimum atomic E-state index is 0.0505. The Balaban J connectivity index is 1.57. The average molecular weight is 340 g/mol. The molecule has 0 bridgehead atoms. The van der Waals surface area contributed by atoms with E-state index in [4.69, 9.17) is 9.47 Å². The van der Waals surface area contributed by atoms with E-state index >= 15 is 0 Å². The Morgan fingerprint density at radius 2 is 2.08 bits per heavy atom. The molecule has 0 N–H and O–H groups in total. The predicted molar refractivity (Wildman–Crippen MR) is 95.8 cm³/mol. The zero-order chi connectivity index (χ0) is 17.5. The number of pyridine rings is 1. The number of aromatic nitrogens is 1. The molecular weight excluding hydrogens is 316 g/mol. The number of hydrogen-bond acceptors (Lipinski definition) is 4. The van der Waals surface area contributed by atoms with Crippen molar-refractivity contribution >= 4 is 5.91 Å². The smallest absolute Gasteiger partial charge is 0.254 e. The van der Waals surface area contributed by atoms with Crippen LogP contribution >= 0.6 is 0 Å². The van der Waals surface area contributed by atoms with Gasteiger partial charge in [-0.3, -0.25) is 4.79 Å². The van der Waals surface area contributed by atoms with E-state index in [2.05, 4.69) is 29.2 Å². The fourth-order valence-electron chi connectivity index (χ4n) is 3.16. The first-order valence-corrected chi connectivity index (χ1v) is 8.67. The molecule has 1 aliphatic rings. The van der Waals surface area contributed by atoms with Gasteiger partial charge in [-0.2, -0.15) is 0 Å². The number of likely N-dealkylation sites (tertiary alicyclic amines) is 1. The lowest BCUT2D eigenvalue weighted by atomic mass is 9.99. The van der Waals surface area contributed by atoms with Crippen LogP contribution in [0.25, 0.3) is 0 Å². The molecule has 5 nitrogen and oxygen atoms in total. The molecule has 0 radical (unpaired) electrons. The summed E-state index contributed by atoms with van der Waals surface area (Å²) < 4.78 is 10.4. The van der Waals surface area contributed by atoms with Gasteiger partial charge in [-0.15, -0.1) is 0 Å². The van der Waals surface area contributed by atoms with Crippen molar-refractivity contribution in [2.75, 3.05) is 33.4 Å². The van der Waals surface area contributed by atoms with Gasteiger partial charge in [0.1, 0.15) is 6.61 Å². The van der Waals surface area contributed by atoms with Crippen molar-refractivity contribution in [3.8, 4) is 5.88 Å². The molecule has 1 aromatic carbocycles. The van der Waals surface area contributed by atoms with Crippen molar-refractivity contribution in [3.05, 3.63) is 59.8 Å². The third kappa shape index (κ3) is 4.79. The van der Waals surface area contributed by atoms with Gasteiger partial charge >= 0.3 is 0 Å². The number of carbonyl (C=O) groups excluding carboxylic acids is 1. The van der Waals surface area contributed by atoms with E-state index in [1.54, 1.807) is 25.4 Å². The molecule has 132 valence electrons. The SMILES string of the molecule is COCCOc1cc(C(=O)N2CC[C@H](Cc3ccccc3)C2)ccn1.